The Labute approximate surface area is 215 Å². The molecule has 1 rings (SSSR count). The molecule has 8 heteroatoms. The summed E-state index contributed by atoms with van der Waals surface area (Å²) >= 11 is 1.58. The predicted molar refractivity (Wildman–Crippen MR) is 145 cm³/mol. The summed E-state index contributed by atoms with van der Waals surface area (Å²) in [4.78, 5) is 41.8. The van der Waals surface area contributed by atoms with Gasteiger partial charge in [0.2, 0.25) is 11.8 Å². The number of thioether (sulfide) groups is 1. The number of ether oxygens (including phenoxy) is 1. The number of amides is 3. The first-order valence-electron chi connectivity index (χ1n) is 12.2. The minimum absolute atomic E-state index is 0.103. The molecular weight excluding hydrogens is 462 g/mol. The summed E-state index contributed by atoms with van der Waals surface area (Å²) in [5.41, 5.74) is 0.848. The van der Waals surface area contributed by atoms with Crippen molar-refractivity contribution in [1.82, 2.24) is 15.5 Å². The zero-order valence-corrected chi connectivity index (χ0v) is 23.3. The van der Waals surface area contributed by atoms with E-state index in [-0.39, 0.29) is 23.9 Å². The van der Waals surface area contributed by atoms with Crippen LogP contribution < -0.4 is 10.6 Å². The molecule has 0 aliphatic heterocycles. The van der Waals surface area contributed by atoms with Gasteiger partial charge in [-0.15, -0.1) is 0 Å². The molecule has 0 aliphatic carbocycles. The van der Waals surface area contributed by atoms with Crippen LogP contribution in [0.25, 0.3) is 6.08 Å². The molecular formula is C27H43N3O4S. The van der Waals surface area contributed by atoms with Crippen LogP contribution in [0.4, 0.5) is 4.79 Å². The van der Waals surface area contributed by atoms with Gasteiger partial charge in [-0.05, 0) is 83.6 Å². The summed E-state index contributed by atoms with van der Waals surface area (Å²) in [5, 5.41) is 5.73. The Kier molecular flexibility index (Phi) is 12.4. The summed E-state index contributed by atoms with van der Waals surface area (Å²) in [7, 11) is 0. The Hall–Kier alpha value is -2.48. The maximum atomic E-state index is 14.1. The van der Waals surface area contributed by atoms with Crippen LogP contribution in [-0.2, 0) is 14.3 Å². The Morgan fingerprint density at radius 3 is 2.34 bits per heavy atom. The van der Waals surface area contributed by atoms with Crippen LogP contribution in [0.3, 0.4) is 0 Å². The Morgan fingerprint density at radius 1 is 1.17 bits per heavy atom. The highest BCUT2D eigenvalue weighted by molar-refractivity contribution is 7.98. The second kappa shape index (κ2) is 14.2. The summed E-state index contributed by atoms with van der Waals surface area (Å²) < 4.78 is 5.42. The molecule has 0 saturated carbocycles. The monoisotopic (exact) mass is 505 g/mol. The van der Waals surface area contributed by atoms with Gasteiger partial charge >= 0.3 is 6.09 Å². The molecule has 0 bridgehead atoms. The number of carbonyl (C=O) groups is 3. The normalized spacial score (nSPS) is 14.0. The van der Waals surface area contributed by atoms with Crippen LogP contribution in [0.15, 0.2) is 30.8 Å². The van der Waals surface area contributed by atoms with Crippen molar-refractivity contribution in [3.63, 3.8) is 0 Å². The van der Waals surface area contributed by atoms with Crippen LogP contribution in [0.2, 0.25) is 0 Å². The minimum Gasteiger partial charge on any atom is -0.444 e. The maximum absolute atomic E-state index is 14.1. The van der Waals surface area contributed by atoms with Gasteiger partial charge in [0.25, 0.3) is 0 Å². The lowest BCUT2D eigenvalue weighted by molar-refractivity contribution is -0.145. The Balaban J connectivity index is 3.53. The van der Waals surface area contributed by atoms with Gasteiger partial charge in [-0.2, -0.15) is 11.8 Å². The van der Waals surface area contributed by atoms with Crippen molar-refractivity contribution in [1.29, 1.82) is 0 Å². The molecule has 3 amide bonds. The van der Waals surface area contributed by atoms with Crippen molar-refractivity contribution in [2.75, 3.05) is 12.0 Å². The zero-order chi connectivity index (χ0) is 26.8. The summed E-state index contributed by atoms with van der Waals surface area (Å²) in [6.45, 7) is 16.8. The fourth-order valence-corrected chi connectivity index (χ4v) is 4.05. The fraction of sp³-hybridized carbons (Fsp3) is 0.593. The molecule has 0 heterocycles. The van der Waals surface area contributed by atoms with E-state index in [4.69, 9.17) is 4.74 Å². The van der Waals surface area contributed by atoms with Crippen LogP contribution >= 0.6 is 11.8 Å². The summed E-state index contributed by atoms with van der Waals surface area (Å²) in [6, 6.07) is 5.42. The lowest BCUT2D eigenvalue weighted by Crippen LogP contribution is -2.56. The Morgan fingerprint density at radius 2 is 1.83 bits per heavy atom. The molecule has 0 aliphatic rings. The van der Waals surface area contributed by atoms with Gasteiger partial charge in [-0.3, -0.25) is 9.59 Å². The fourth-order valence-electron chi connectivity index (χ4n) is 3.58. The van der Waals surface area contributed by atoms with Crippen LogP contribution in [0, 0.1) is 0 Å². The van der Waals surface area contributed by atoms with Gasteiger partial charge in [0.05, 0.1) is 0 Å². The number of rotatable bonds is 12. The van der Waals surface area contributed by atoms with Crippen LogP contribution in [-0.4, -0.2) is 58.5 Å². The third kappa shape index (κ3) is 9.96. The second-order valence-corrected chi connectivity index (χ2v) is 10.9. The molecule has 3 atom stereocenters. The van der Waals surface area contributed by atoms with Gasteiger partial charge in [-0.1, -0.05) is 37.8 Å². The smallest absolute Gasteiger partial charge is 0.408 e. The molecule has 7 nitrogen and oxygen atoms in total. The summed E-state index contributed by atoms with van der Waals surface area (Å²) in [5.74, 6) is 0.0814. The molecule has 1 aromatic carbocycles. The topological polar surface area (TPSA) is 87.7 Å². The largest absolute Gasteiger partial charge is 0.444 e. The minimum atomic E-state index is -0.864. The first kappa shape index (κ1) is 30.6. The quantitative estimate of drug-likeness (QED) is 0.409. The lowest BCUT2D eigenvalue weighted by atomic mass is 9.97. The number of hydrogen-bond acceptors (Lipinski definition) is 5. The molecule has 0 fully saturated rings. The van der Waals surface area contributed by atoms with E-state index in [1.807, 2.05) is 58.2 Å². The highest BCUT2D eigenvalue weighted by Crippen LogP contribution is 2.28. The van der Waals surface area contributed by atoms with Crippen molar-refractivity contribution in [2.45, 2.75) is 91.1 Å². The van der Waals surface area contributed by atoms with E-state index < -0.39 is 23.8 Å². The van der Waals surface area contributed by atoms with E-state index in [0.29, 0.717) is 24.2 Å². The maximum Gasteiger partial charge on any atom is 0.408 e. The number of nitrogens with one attached hydrogen (secondary N) is 2. The van der Waals surface area contributed by atoms with E-state index in [0.717, 1.165) is 5.56 Å². The molecule has 196 valence electrons. The van der Waals surface area contributed by atoms with Crippen molar-refractivity contribution in [3.05, 3.63) is 42.0 Å². The summed E-state index contributed by atoms with van der Waals surface area (Å²) in [6.07, 6.45) is 4.05. The molecule has 0 spiro atoms. The van der Waals surface area contributed by atoms with E-state index in [2.05, 4.69) is 17.2 Å². The number of alkyl carbamates (subject to hydrolysis) is 1. The first-order chi connectivity index (χ1) is 16.3. The Bertz CT molecular complexity index is 866. The third-order valence-corrected chi connectivity index (χ3v) is 5.98. The van der Waals surface area contributed by atoms with E-state index in [9.17, 15) is 14.4 Å². The molecule has 35 heavy (non-hydrogen) atoms. The van der Waals surface area contributed by atoms with Crippen molar-refractivity contribution >= 4 is 35.7 Å². The highest BCUT2D eigenvalue weighted by Gasteiger charge is 2.38. The average Bonchev–Trinajstić information content (AvgIpc) is 2.77. The van der Waals surface area contributed by atoms with Gasteiger partial charge in [0, 0.05) is 12.1 Å². The lowest BCUT2D eigenvalue weighted by Gasteiger charge is -2.38. The van der Waals surface area contributed by atoms with Crippen molar-refractivity contribution in [3.8, 4) is 0 Å². The molecule has 0 radical (unpaired) electrons. The SMILES string of the molecule is C=Cc1cccc(C(C(=O)NC(C)C)N(C(=O)C(CCSC)NC(=O)OC(C)(C)C)C(C)CC)c1. The molecule has 0 saturated heterocycles. The van der Waals surface area contributed by atoms with Gasteiger partial charge in [-0.25, -0.2) is 4.79 Å². The number of carbonyl (C=O) groups excluding carboxylic acids is 3. The van der Waals surface area contributed by atoms with Gasteiger partial charge in [0.1, 0.15) is 17.7 Å². The van der Waals surface area contributed by atoms with Gasteiger partial charge < -0.3 is 20.3 Å². The van der Waals surface area contributed by atoms with E-state index in [1.54, 1.807) is 43.5 Å². The second-order valence-electron chi connectivity index (χ2n) is 9.92. The van der Waals surface area contributed by atoms with Crippen LogP contribution in [0.5, 0.6) is 0 Å². The van der Waals surface area contributed by atoms with Gasteiger partial charge in [0.15, 0.2) is 0 Å². The van der Waals surface area contributed by atoms with E-state index >= 15 is 0 Å². The first-order valence-corrected chi connectivity index (χ1v) is 13.6. The third-order valence-electron chi connectivity index (χ3n) is 5.34. The number of nitrogens with zero attached hydrogens (tertiary/aromatic N) is 1. The highest BCUT2D eigenvalue weighted by atomic mass is 32.2. The zero-order valence-electron chi connectivity index (χ0n) is 22.5. The molecule has 0 aromatic heterocycles. The molecule has 3 unspecified atom stereocenters. The number of hydrogen-bond donors (Lipinski definition) is 2. The van der Waals surface area contributed by atoms with Crippen molar-refractivity contribution < 1.29 is 19.1 Å². The number of benzene rings is 1. The molecule has 2 N–H and O–H groups in total. The van der Waals surface area contributed by atoms with Crippen molar-refractivity contribution in [2.24, 2.45) is 0 Å². The predicted octanol–water partition coefficient (Wildman–Crippen LogP) is 5.17. The average molecular weight is 506 g/mol. The standard InChI is InChI=1S/C27H43N3O4S/c1-10-19(5)30(25(32)22(15-16-35-9)29-26(33)34-27(6,7)8)23(24(31)28-18(3)4)21-14-12-13-20(11-2)17-21/h11-14,17-19,22-23H,2,10,15-16H2,1,3-9H3,(H,28,31)(H,29,33). The van der Waals surface area contributed by atoms with E-state index in [1.165, 1.54) is 0 Å². The molecule has 1 aromatic rings. The van der Waals surface area contributed by atoms with Crippen LogP contribution in [0.1, 0.15) is 78.5 Å².